The largest absolute Gasteiger partial charge is 0.502 e. The summed E-state index contributed by atoms with van der Waals surface area (Å²) in [7, 11) is 0. The van der Waals surface area contributed by atoms with E-state index in [0.29, 0.717) is 0 Å². The normalized spacial score (nSPS) is 30.7. The Morgan fingerprint density at radius 2 is 1.86 bits per heavy atom. The summed E-state index contributed by atoms with van der Waals surface area (Å²) in [5.74, 6) is -2.47. The second-order valence-corrected chi connectivity index (χ2v) is 4.53. The highest BCUT2D eigenvalue weighted by atomic mass is 16.7. The highest BCUT2D eigenvalue weighted by Crippen LogP contribution is 2.28. The van der Waals surface area contributed by atoms with Gasteiger partial charge in [-0.05, 0) is 0 Å². The number of rotatable bonds is 3. The molecule has 7 N–H and O–H groups in total. The van der Waals surface area contributed by atoms with Crippen molar-refractivity contribution in [3.05, 3.63) is 28.3 Å². The molecule has 0 saturated carbocycles. The summed E-state index contributed by atoms with van der Waals surface area (Å²) in [5, 5.41) is 61.8. The third-order valence-corrected chi connectivity index (χ3v) is 2.95. The van der Waals surface area contributed by atoms with Crippen molar-refractivity contribution in [2.75, 3.05) is 13.2 Å². The van der Waals surface area contributed by atoms with Crippen LogP contribution in [0.4, 0.5) is 0 Å². The number of aliphatic hydroxyl groups excluding tert-OH is 5. The van der Waals surface area contributed by atoms with E-state index in [4.69, 9.17) is 30.6 Å². The summed E-state index contributed by atoms with van der Waals surface area (Å²) in [6, 6.07) is 1.04. The highest BCUT2D eigenvalue weighted by Gasteiger charge is 2.52. The van der Waals surface area contributed by atoms with Crippen molar-refractivity contribution in [2.45, 2.75) is 30.7 Å². The quantitative estimate of drug-likeness (QED) is 0.296. The van der Waals surface area contributed by atoms with E-state index in [1.165, 1.54) is 0 Å². The third-order valence-electron chi connectivity index (χ3n) is 2.95. The second kappa shape index (κ2) is 7.65. The molecule has 2 heterocycles. The average Bonchev–Trinajstić information content (AvgIpc) is 2.75. The predicted molar refractivity (Wildman–Crippen MR) is 68.6 cm³/mol. The van der Waals surface area contributed by atoms with Crippen LogP contribution >= 0.6 is 0 Å². The fourth-order valence-electron chi connectivity index (χ4n) is 1.67. The van der Waals surface area contributed by atoms with E-state index in [0.717, 1.165) is 12.3 Å². The molecule has 4 atom stereocenters. The maximum absolute atomic E-state index is 10.6. The number of hydrogen-bond donors (Lipinski definition) is 7. The standard InChI is InChI=1S/C6H12O6.C6H6O4/c7-1-3-4(9)5(10)6(11,2-8)12-3;7-2-4-1-5(8)6(9)3-10-4/h3-5,7-11H,1-2H2;1,3,7,9H,2H2/t3-,4-,5+,6-;/m1./s1. The first kappa shape index (κ1) is 18.5. The van der Waals surface area contributed by atoms with E-state index in [9.17, 15) is 9.90 Å². The van der Waals surface area contributed by atoms with Crippen molar-refractivity contribution in [3.8, 4) is 5.75 Å². The lowest BCUT2D eigenvalue weighted by Gasteiger charge is -2.22. The van der Waals surface area contributed by atoms with Crippen molar-refractivity contribution in [3.63, 3.8) is 0 Å². The molecule has 10 nitrogen and oxygen atoms in total. The Hall–Kier alpha value is -1.53. The van der Waals surface area contributed by atoms with Crippen LogP contribution in [0.1, 0.15) is 5.76 Å². The Bertz CT molecular complexity index is 529. The SMILES string of the molecule is O=c1cc(CO)occ1O.OC[C@H]1O[C@](O)(CO)[C@@H](O)[C@@H]1O. The smallest absolute Gasteiger partial charge is 0.226 e. The van der Waals surface area contributed by atoms with Gasteiger partial charge in [0.1, 0.15) is 36.9 Å². The molecule has 1 fully saturated rings. The van der Waals surface area contributed by atoms with Gasteiger partial charge in [0.15, 0.2) is 5.75 Å². The van der Waals surface area contributed by atoms with Gasteiger partial charge >= 0.3 is 0 Å². The molecule has 22 heavy (non-hydrogen) atoms. The maximum atomic E-state index is 10.6. The Balaban J connectivity index is 0.000000224. The Morgan fingerprint density at radius 3 is 2.23 bits per heavy atom. The lowest BCUT2D eigenvalue weighted by atomic mass is 10.1. The second-order valence-electron chi connectivity index (χ2n) is 4.53. The van der Waals surface area contributed by atoms with E-state index in [-0.39, 0.29) is 12.4 Å². The minimum Gasteiger partial charge on any atom is -0.502 e. The number of aliphatic hydroxyl groups is 6. The fraction of sp³-hybridized carbons (Fsp3) is 0.583. The molecular formula is C12H18O10. The molecule has 2 rings (SSSR count). The zero-order valence-corrected chi connectivity index (χ0v) is 11.4. The van der Waals surface area contributed by atoms with Gasteiger partial charge in [-0.3, -0.25) is 4.79 Å². The van der Waals surface area contributed by atoms with Gasteiger partial charge in [0.05, 0.1) is 13.2 Å². The van der Waals surface area contributed by atoms with E-state index in [2.05, 4.69) is 9.15 Å². The van der Waals surface area contributed by atoms with Crippen LogP contribution < -0.4 is 5.43 Å². The first-order valence-electron chi connectivity index (χ1n) is 6.18. The average molecular weight is 322 g/mol. The first-order chi connectivity index (χ1) is 10.3. The topological polar surface area (TPSA) is 181 Å². The van der Waals surface area contributed by atoms with Gasteiger partial charge in [-0.2, -0.15) is 0 Å². The minimum atomic E-state index is -2.16. The summed E-state index contributed by atoms with van der Waals surface area (Å²) in [6.45, 7) is -1.70. The molecule has 1 saturated heterocycles. The van der Waals surface area contributed by atoms with Crippen LogP contribution in [0, 0.1) is 0 Å². The van der Waals surface area contributed by atoms with Gasteiger partial charge in [0.2, 0.25) is 11.2 Å². The van der Waals surface area contributed by atoms with Gasteiger partial charge in [-0.15, -0.1) is 0 Å². The summed E-state index contributed by atoms with van der Waals surface area (Å²) >= 11 is 0. The zero-order valence-electron chi connectivity index (χ0n) is 11.4. The van der Waals surface area contributed by atoms with Gasteiger partial charge in [-0.25, -0.2) is 0 Å². The van der Waals surface area contributed by atoms with Gasteiger partial charge in [0, 0.05) is 6.07 Å². The van der Waals surface area contributed by atoms with E-state index in [1.54, 1.807) is 0 Å². The molecule has 0 aromatic carbocycles. The van der Waals surface area contributed by atoms with Crippen LogP contribution in [0.15, 0.2) is 21.5 Å². The van der Waals surface area contributed by atoms with Gasteiger partial charge in [-0.1, -0.05) is 0 Å². The van der Waals surface area contributed by atoms with E-state index >= 15 is 0 Å². The van der Waals surface area contributed by atoms with Crippen LogP contribution in [0.5, 0.6) is 5.75 Å². The van der Waals surface area contributed by atoms with Crippen molar-refractivity contribution in [2.24, 2.45) is 0 Å². The van der Waals surface area contributed by atoms with Crippen molar-refractivity contribution < 1.29 is 44.9 Å². The summed E-state index contributed by atoms with van der Waals surface area (Å²) in [6.07, 6.45) is -3.14. The van der Waals surface area contributed by atoms with Crippen LogP contribution in [0.3, 0.4) is 0 Å². The predicted octanol–water partition coefficient (Wildman–Crippen LogP) is -3.38. The Kier molecular flexibility index (Phi) is 6.44. The van der Waals surface area contributed by atoms with Crippen molar-refractivity contribution in [1.29, 1.82) is 0 Å². The van der Waals surface area contributed by atoms with E-state index < -0.39 is 48.5 Å². The molecule has 0 aliphatic carbocycles. The molecule has 0 spiro atoms. The highest BCUT2D eigenvalue weighted by molar-refractivity contribution is 5.14. The van der Waals surface area contributed by atoms with Crippen LogP contribution in [-0.4, -0.2) is 73.1 Å². The molecule has 1 aromatic heterocycles. The number of aromatic hydroxyl groups is 1. The molecule has 1 aliphatic rings. The maximum Gasteiger partial charge on any atom is 0.226 e. The third kappa shape index (κ3) is 4.01. The summed E-state index contributed by atoms with van der Waals surface area (Å²) in [4.78, 5) is 10.6. The summed E-state index contributed by atoms with van der Waals surface area (Å²) in [5.41, 5.74) is -0.546. The molecule has 1 aliphatic heterocycles. The summed E-state index contributed by atoms with van der Waals surface area (Å²) < 4.78 is 9.22. The minimum absolute atomic E-state index is 0.141. The van der Waals surface area contributed by atoms with Crippen molar-refractivity contribution in [1.82, 2.24) is 0 Å². The van der Waals surface area contributed by atoms with Crippen molar-refractivity contribution >= 4 is 0 Å². The number of ether oxygens (including phenoxy) is 1. The first-order valence-corrected chi connectivity index (χ1v) is 6.18. The number of hydrogen-bond acceptors (Lipinski definition) is 10. The zero-order chi connectivity index (χ0) is 16.9. The molecule has 0 radical (unpaired) electrons. The molecule has 10 heteroatoms. The van der Waals surface area contributed by atoms with Gasteiger partial charge < -0.3 is 44.9 Å². The van der Waals surface area contributed by atoms with Gasteiger partial charge in [0.25, 0.3) is 0 Å². The monoisotopic (exact) mass is 322 g/mol. The molecule has 126 valence electrons. The molecule has 0 unspecified atom stereocenters. The van der Waals surface area contributed by atoms with E-state index in [1.807, 2.05) is 0 Å². The molecule has 0 amide bonds. The molecule has 0 bridgehead atoms. The lowest BCUT2D eigenvalue weighted by Crippen LogP contribution is -2.46. The fourth-order valence-corrected chi connectivity index (χ4v) is 1.67. The van der Waals surface area contributed by atoms with Crippen LogP contribution in [-0.2, 0) is 11.3 Å². The lowest BCUT2D eigenvalue weighted by molar-refractivity contribution is -0.248. The molecule has 1 aromatic rings. The van der Waals surface area contributed by atoms with Crippen LogP contribution in [0.2, 0.25) is 0 Å². The Morgan fingerprint density at radius 1 is 1.23 bits per heavy atom. The molecular weight excluding hydrogens is 304 g/mol. The Labute approximate surface area is 124 Å². The van der Waals surface area contributed by atoms with Crippen LogP contribution in [0.25, 0.3) is 0 Å².